The van der Waals surface area contributed by atoms with Gasteiger partial charge in [0.05, 0.1) is 12.2 Å². The normalized spacial score (nSPS) is 10.4. The van der Waals surface area contributed by atoms with Crippen molar-refractivity contribution in [3.63, 3.8) is 0 Å². The molecule has 0 aliphatic heterocycles. The topological polar surface area (TPSA) is 64.3 Å². The van der Waals surface area contributed by atoms with Crippen LogP contribution in [0.1, 0.15) is 26.3 Å². The Hall–Kier alpha value is -2.06. The maximum absolute atomic E-state index is 13.7. The molecular formula is C14H17FN2O2. The van der Waals surface area contributed by atoms with Crippen molar-refractivity contribution < 1.29 is 13.9 Å². The summed E-state index contributed by atoms with van der Waals surface area (Å²) in [6.07, 6.45) is -0.702. The Balaban J connectivity index is 2.78. The van der Waals surface area contributed by atoms with E-state index in [4.69, 9.17) is 10.5 Å². The van der Waals surface area contributed by atoms with E-state index in [1.54, 1.807) is 26.8 Å². The van der Waals surface area contributed by atoms with E-state index < -0.39 is 17.5 Å². The molecule has 0 unspecified atom stereocenters. The number of halogens is 1. The number of benzene rings is 1. The van der Waals surface area contributed by atoms with Gasteiger partial charge in [-0.25, -0.2) is 9.18 Å². The van der Waals surface area contributed by atoms with Crippen LogP contribution in [0.25, 0.3) is 0 Å². The third kappa shape index (κ3) is 5.40. The zero-order chi connectivity index (χ0) is 14.5. The van der Waals surface area contributed by atoms with Crippen LogP contribution in [0.5, 0.6) is 0 Å². The number of amides is 1. The van der Waals surface area contributed by atoms with Gasteiger partial charge in [0.25, 0.3) is 0 Å². The first-order chi connectivity index (χ1) is 8.81. The summed E-state index contributed by atoms with van der Waals surface area (Å²) in [5.74, 6) is 4.75. The summed E-state index contributed by atoms with van der Waals surface area (Å²) in [5, 5.41) is 2.34. The first kappa shape index (κ1) is 15.0. The van der Waals surface area contributed by atoms with Gasteiger partial charge in [-0.1, -0.05) is 11.8 Å². The molecular weight excluding hydrogens is 247 g/mol. The molecule has 0 aliphatic carbocycles. The molecule has 1 aromatic carbocycles. The average Bonchev–Trinajstić information content (AvgIpc) is 2.27. The molecule has 102 valence electrons. The van der Waals surface area contributed by atoms with Crippen molar-refractivity contribution in [3.8, 4) is 11.8 Å². The zero-order valence-corrected chi connectivity index (χ0v) is 11.2. The van der Waals surface area contributed by atoms with Gasteiger partial charge in [0.2, 0.25) is 0 Å². The van der Waals surface area contributed by atoms with Crippen LogP contribution < -0.4 is 11.1 Å². The van der Waals surface area contributed by atoms with Crippen LogP contribution in [0.3, 0.4) is 0 Å². The van der Waals surface area contributed by atoms with Gasteiger partial charge in [-0.05, 0) is 39.0 Å². The van der Waals surface area contributed by atoms with E-state index in [2.05, 4.69) is 17.2 Å². The molecule has 0 spiro atoms. The first-order valence-electron chi connectivity index (χ1n) is 5.80. The molecule has 1 aromatic rings. The summed E-state index contributed by atoms with van der Waals surface area (Å²) in [6.45, 7) is 5.40. The molecule has 0 radical (unpaired) electrons. The SMILES string of the molecule is CC(C)(C)OC(=O)Nc1ccc(C#CCN)cc1F. The van der Waals surface area contributed by atoms with E-state index in [-0.39, 0.29) is 12.2 Å². The summed E-state index contributed by atoms with van der Waals surface area (Å²) in [5.41, 5.74) is 5.14. The monoisotopic (exact) mass is 264 g/mol. The lowest BCUT2D eigenvalue weighted by Crippen LogP contribution is -2.27. The third-order valence-corrected chi connectivity index (χ3v) is 1.94. The molecule has 0 aliphatic rings. The Morgan fingerprint density at radius 3 is 2.68 bits per heavy atom. The Morgan fingerprint density at radius 2 is 2.16 bits per heavy atom. The number of nitrogens with two attached hydrogens (primary N) is 1. The maximum atomic E-state index is 13.7. The summed E-state index contributed by atoms with van der Waals surface area (Å²) < 4.78 is 18.7. The highest BCUT2D eigenvalue weighted by Gasteiger charge is 2.17. The largest absolute Gasteiger partial charge is 0.444 e. The van der Waals surface area contributed by atoms with E-state index in [1.807, 2.05) is 0 Å². The molecule has 0 fully saturated rings. The lowest BCUT2D eigenvalue weighted by Gasteiger charge is -2.19. The van der Waals surface area contributed by atoms with Crippen molar-refractivity contribution >= 4 is 11.8 Å². The van der Waals surface area contributed by atoms with E-state index in [1.165, 1.54) is 12.1 Å². The standard InChI is InChI=1S/C14H17FN2O2/c1-14(2,3)19-13(18)17-12-7-6-10(5-4-8-16)9-11(12)15/h6-7,9H,8,16H2,1-3H3,(H,17,18). The van der Waals surface area contributed by atoms with Crippen molar-refractivity contribution in [1.29, 1.82) is 0 Å². The van der Waals surface area contributed by atoms with E-state index in [9.17, 15) is 9.18 Å². The van der Waals surface area contributed by atoms with Gasteiger partial charge in [0.1, 0.15) is 11.4 Å². The number of hydrogen-bond donors (Lipinski definition) is 2. The summed E-state index contributed by atoms with van der Waals surface area (Å²) >= 11 is 0. The minimum atomic E-state index is -0.702. The zero-order valence-electron chi connectivity index (χ0n) is 11.2. The molecule has 0 saturated carbocycles. The van der Waals surface area contributed by atoms with Gasteiger partial charge in [-0.2, -0.15) is 0 Å². The van der Waals surface area contributed by atoms with Crippen LogP contribution in [-0.4, -0.2) is 18.2 Å². The fraction of sp³-hybridized carbons (Fsp3) is 0.357. The number of anilines is 1. The van der Waals surface area contributed by atoms with Gasteiger partial charge in [0, 0.05) is 5.56 Å². The highest BCUT2D eigenvalue weighted by Crippen LogP contribution is 2.17. The Labute approximate surface area is 112 Å². The number of rotatable bonds is 1. The van der Waals surface area contributed by atoms with Crippen molar-refractivity contribution in [2.24, 2.45) is 5.73 Å². The molecule has 1 amide bonds. The first-order valence-corrected chi connectivity index (χ1v) is 5.80. The summed E-state index contributed by atoms with van der Waals surface area (Å²) in [6, 6.07) is 4.26. The second kappa shape index (κ2) is 6.21. The minimum Gasteiger partial charge on any atom is -0.444 e. The highest BCUT2D eigenvalue weighted by atomic mass is 19.1. The van der Waals surface area contributed by atoms with Gasteiger partial charge in [-0.3, -0.25) is 5.32 Å². The lowest BCUT2D eigenvalue weighted by atomic mass is 10.2. The summed E-state index contributed by atoms with van der Waals surface area (Å²) in [7, 11) is 0. The second-order valence-electron chi connectivity index (χ2n) is 4.83. The van der Waals surface area contributed by atoms with E-state index >= 15 is 0 Å². The molecule has 19 heavy (non-hydrogen) atoms. The maximum Gasteiger partial charge on any atom is 0.412 e. The fourth-order valence-corrected chi connectivity index (χ4v) is 1.26. The fourth-order valence-electron chi connectivity index (χ4n) is 1.26. The van der Waals surface area contributed by atoms with Gasteiger partial charge in [-0.15, -0.1) is 0 Å². The molecule has 3 N–H and O–H groups in total. The third-order valence-electron chi connectivity index (χ3n) is 1.94. The molecule has 0 atom stereocenters. The van der Waals surface area contributed by atoms with Crippen molar-refractivity contribution in [1.82, 2.24) is 0 Å². The van der Waals surface area contributed by atoms with Crippen molar-refractivity contribution in [3.05, 3.63) is 29.6 Å². The van der Waals surface area contributed by atoms with Crippen LogP contribution in [0, 0.1) is 17.7 Å². The second-order valence-corrected chi connectivity index (χ2v) is 4.83. The number of hydrogen-bond acceptors (Lipinski definition) is 3. The Morgan fingerprint density at radius 1 is 1.47 bits per heavy atom. The smallest absolute Gasteiger partial charge is 0.412 e. The van der Waals surface area contributed by atoms with E-state index in [0.717, 1.165) is 0 Å². The van der Waals surface area contributed by atoms with Crippen LogP contribution in [-0.2, 0) is 4.74 Å². The molecule has 4 nitrogen and oxygen atoms in total. The highest BCUT2D eigenvalue weighted by molar-refractivity contribution is 5.85. The van der Waals surface area contributed by atoms with Gasteiger partial charge >= 0.3 is 6.09 Å². The number of carbonyl (C=O) groups is 1. The minimum absolute atomic E-state index is 0.0487. The number of ether oxygens (including phenoxy) is 1. The van der Waals surface area contributed by atoms with Crippen molar-refractivity contribution in [2.75, 3.05) is 11.9 Å². The number of carbonyl (C=O) groups excluding carboxylic acids is 1. The predicted molar refractivity (Wildman–Crippen MR) is 72.2 cm³/mol. The molecule has 0 heterocycles. The van der Waals surface area contributed by atoms with Crippen LogP contribution in [0.4, 0.5) is 14.9 Å². The number of nitrogens with one attached hydrogen (secondary N) is 1. The molecule has 0 bridgehead atoms. The van der Waals surface area contributed by atoms with E-state index in [0.29, 0.717) is 5.56 Å². The Bertz CT molecular complexity index is 524. The molecule has 1 rings (SSSR count). The molecule has 0 saturated heterocycles. The van der Waals surface area contributed by atoms with Crippen LogP contribution in [0.15, 0.2) is 18.2 Å². The predicted octanol–water partition coefficient (Wildman–Crippen LogP) is 2.48. The van der Waals surface area contributed by atoms with Crippen LogP contribution in [0.2, 0.25) is 0 Å². The quantitative estimate of drug-likeness (QED) is 0.766. The lowest BCUT2D eigenvalue weighted by molar-refractivity contribution is 0.0635. The van der Waals surface area contributed by atoms with Gasteiger partial charge < -0.3 is 10.5 Å². The molecule has 0 aromatic heterocycles. The Kier molecular flexibility index (Phi) is 4.90. The van der Waals surface area contributed by atoms with Gasteiger partial charge in [0.15, 0.2) is 0 Å². The summed E-state index contributed by atoms with van der Waals surface area (Å²) in [4.78, 5) is 11.5. The van der Waals surface area contributed by atoms with Crippen molar-refractivity contribution in [2.45, 2.75) is 26.4 Å². The van der Waals surface area contributed by atoms with Crippen LogP contribution >= 0.6 is 0 Å². The molecule has 5 heteroatoms. The average molecular weight is 264 g/mol.